The van der Waals surface area contributed by atoms with Crippen molar-refractivity contribution >= 4 is 61.6 Å². The summed E-state index contributed by atoms with van der Waals surface area (Å²) >= 11 is 15.0. The van der Waals surface area contributed by atoms with E-state index in [2.05, 4.69) is 20.8 Å². The monoisotopic (exact) mass is 247 g/mol. The third-order valence-electron chi connectivity index (χ3n) is 2.19. The van der Waals surface area contributed by atoms with Gasteiger partial charge in [0.05, 0.1) is 8.80 Å². The molecule has 4 heteroatoms. The van der Waals surface area contributed by atoms with Gasteiger partial charge in [0.25, 0.3) is 0 Å². The first-order valence-corrected chi connectivity index (χ1v) is 7.45. The molecular formula is C9H15S3Si. The fourth-order valence-electron chi connectivity index (χ4n) is 1.48. The molecule has 0 aliphatic heterocycles. The maximum Gasteiger partial charge on any atom is 0.0718 e. The third-order valence-corrected chi connectivity index (χ3v) is 7.79. The van der Waals surface area contributed by atoms with Crippen molar-refractivity contribution in [3.05, 3.63) is 0 Å². The topological polar surface area (TPSA) is 0 Å². The van der Waals surface area contributed by atoms with Crippen molar-refractivity contribution in [2.24, 2.45) is 0 Å². The minimum Gasteiger partial charge on any atom is -0.0935 e. The molecule has 0 aliphatic rings. The highest BCUT2D eigenvalue weighted by atomic mass is 32.1. The lowest BCUT2D eigenvalue weighted by molar-refractivity contribution is 1.09. The molecule has 0 spiro atoms. The van der Waals surface area contributed by atoms with E-state index in [1.807, 2.05) is 16.1 Å². The zero-order valence-electron chi connectivity index (χ0n) is 8.19. The summed E-state index contributed by atoms with van der Waals surface area (Å²) in [5.41, 5.74) is 1.47. The Morgan fingerprint density at radius 3 is 1.15 bits per heavy atom. The summed E-state index contributed by atoms with van der Waals surface area (Å²) in [6.07, 6.45) is 0. The minimum atomic E-state index is -0.610. The van der Waals surface area contributed by atoms with Gasteiger partial charge in [-0.3, -0.25) is 0 Å². The van der Waals surface area contributed by atoms with Crippen LogP contribution >= 0.6 is 36.7 Å². The van der Waals surface area contributed by atoms with Gasteiger partial charge in [0, 0.05) is 0 Å². The van der Waals surface area contributed by atoms with E-state index in [1.54, 1.807) is 0 Å². The van der Waals surface area contributed by atoms with Crippen LogP contribution in [0.25, 0.3) is 0 Å². The summed E-state index contributed by atoms with van der Waals surface area (Å²) in [6.45, 7) is 6.52. The maximum absolute atomic E-state index is 4.99. The Labute approximate surface area is 98.7 Å². The molecule has 0 rings (SSSR count). The summed E-state index contributed by atoms with van der Waals surface area (Å²) in [5, 5.41) is 5.58. The molecule has 3 atom stereocenters. The Morgan fingerprint density at radius 2 is 1.00 bits per heavy atom. The molecule has 0 aromatic carbocycles. The van der Waals surface area contributed by atoms with Crippen LogP contribution in [0.3, 0.4) is 0 Å². The molecule has 0 saturated carbocycles. The molecule has 0 amide bonds. The Kier molecular flexibility index (Phi) is 7.13. The van der Waals surface area contributed by atoms with Gasteiger partial charge in [-0.05, 0) is 32.7 Å². The number of thiocarbonyl (C=S) groups is 3. The fourth-order valence-corrected chi connectivity index (χ4v) is 5.85. The van der Waals surface area contributed by atoms with Crippen molar-refractivity contribution in [2.75, 3.05) is 0 Å². The van der Waals surface area contributed by atoms with Crippen molar-refractivity contribution in [3.63, 3.8) is 0 Å². The Balaban J connectivity index is 4.61. The van der Waals surface area contributed by atoms with Crippen LogP contribution in [0.15, 0.2) is 0 Å². The summed E-state index contributed by atoms with van der Waals surface area (Å²) < 4.78 is 0. The predicted octanol–water partition coefficient (Wildman–Crippen LogP) is 3.65. The predicted molar refractivity (Wildman–Crippen MR) is 75.0 cm³/mol. The minimum absolute atomic E-state index is 0.489. The molecule has 0 bridgehead atoms. The van der Waals surface area contributed by atoms with Crippen molar-refractivity contribution in [3.8, 4) is 0 Å². The number of hydrogen-bond acceptors (Lipinski definition) is 3. The molecule has 0 nitrogen and oxygen atoms in total. The second-order valence-electron chi connectivity index (χ2n) is 3.27. The maximum atomic E-state index is 4.99. The smallest absolute Gasteiger partial charge is 0.0718 e. The van der Waals surface area contributed by atoms with E-state index in [0.29, 0.717) is 16.6 Å². The highest BCUT2D eigenvalue weighted by molar-refractivity contribution is 7.80. The van der Waals surface area contributed by atoms with Gasteiger partial charge in [-0.25, -0.2) is 0 Å². The fraction of sp³-hybridized carbons (Fsp3) is 0.667. The third kappa shape index (κ3) is 4.02. The Bertz CT molecular complexity index is 160. The van der Waals surface area contributed by atoms with Crippen LogP contribution in [-0.2, 0) is 0 Å². The summed E-state index contributed by atoms with van der Waals surface area (Å²) in [7, 11) is -0.610. The molecule has 0 aliphatic carbocycles. The molecule has 0 fully saturated rings. The first-order valence-electron chi connectivity index (χ1n) is 4.31. The molecular weight excluding hydrogens is 232 g/mol. The Morgan fingerprint density at radius 1 is 0.769 bits per heavy atom. The average molecular weight is 248 g/mol. The van der Waals surface area contributed by atoms with E-state index in [0.717, 1.165) is 0 Å². The SMILES string of the molecule is CC(C=S)[Si](C(C)C=S)C(C)C=S. The molecule has 1 radical (unpaired) electrons. The van der Waals surface area contributed by atoms with Crippen LogP contribution in [-0.4, -0.2) is 24.9 Å². The van der Waals surface area contributed by atoms with Crippen molar-refractivity contribution < 1.29 is 0 Å². The van der Waals surface area contributed by atoms with Crippen molar-refractivity contribution in [1.29, 1.82) is 0 Å². The first-order chi connectivity index (χ1) is 6.08. The standard InChI is InChI=1S/C9H15S3Si/c1-7(4-10)13(8(2)5-11)9(3)6-12/h4-9H,1-3H3. The van der Waals surface area contributed by atoms with Gasteiger partial charge in [-0.1, -0.05) is 57.4 Å². The summed E-state index contributed by atoms with van der Waals surface area (Å²) in [6, 6.07) is 0. The molecule has 0 N–H and O–H groups in total. The molecule has 3 unspecified atom stereocenters. The highest BCUT2D eigenvalue weighted by Gasteiger charge is 2.27. The highest BCUT2D eigenvalue weighted by Crippen LogP contribution is 2.27. The number of hydrogen-bond donors (Lipinski definition) is 0. The van der Waals surface area contributed by atoms with E-state index in [9.17, 15) is 0 Å². The van der Waals surface area contributed by atoms with Crippen LogP contribution in [0.4, 0.5) is 0 Å². The van der Waals surface area contributed by atoms with Crippen LogP contribution in [0.5, 0.6) is 0 Å². The van der Waals surface area contributed by atoms with E-state index in [4.69, 9.17) is 36.7 Å². The lowest BCUT2D eigenvalue weighted by Gasteiger charge is -2.26. The molecule has 13 heavy (non-hydrogen) atoms. The van der Waals surface area contributed by atoms with Gasteiger partial charge in [0.1, 0.15) is 0 Å². The first kappa shape index (κ1) is 13.5. The molecule has 0 saturated heterocycles. The normalized spacial score (nSPS) is 17.5. The lowest BCUT2D eigenvalue weighted by atomic mass is 10.5. The van der Waals surface area contributed by atoms with Gasteiger partial charge in [-0.15, -0.1) is 0 Å². The number of rotatable bonds is 6. The molecule has 0 aromatic heterocycles. The van der Waals surface area contributed by atoms with E-state index < -0.39 is 8.80 Å². The molecule has 73 valence electrons. The van der Waals surface area contributed by atoms with Crippen LogP contribution in [0, 0.1) is 0 Å². The van der Waals surface area contributed by atoms with Gasteiger partial charge in [0.15, 0.2) is 0 Å². The van der Waals surface area contributed by atoms with Gasteiger partial charge >= 0.3 is 0 Å². The average Bonchev–Trinajstić information content (AvgIpc) is 2.16. The van der Waals surface area contributed by atoms with E-state index >= 15 is 0 Å². The summed E-state index contributed by atoms with van der Waals surface area (Å²) in [4.78, 5) is 0. The largest absolute Gasteiger partial charge is 0.0935 e. The van der Waals surface area contributed by atoms with Crippen LogP contribution in [0.2, 0.25) is 16.6 Å². The van der Waals surface area contributed by atoms with E-state index in [1.165, 1.54) is 0 Å². The summed E-state index contributed by atoms with van der Waals surface area (Å²) in [5.74, 6) is 0. The van der Waals surface area contributed by atoms with Crippen LogP contribution < -0.4 is 0 Å². The van der Waals surface area contributed by atoms with E-state index in [-0.39, 0.29) is 0 Å². The van der Waals surface area contributed by atoms with Crippen molar-refractivity contribution in [1.82, 2.24) is 0 Å². The zero-order valence-corrected chi connectivity index (χ0v) is 11.6. The molecule has 0 heterocycles. The lowest BCUT2D eigenvalue weighted by Crippen LogP contribution is -2.30. The molecule has 0 aromatic rings. The van der Waals surface area contributed by atoms with Gasteiger partial charge < -0.3 is 0 Å². The Hall–Kier alpha value is 0.487. The van der Waals surface area contributed by atoms with Gasteiger partial charge in [0.2, 0.25) is 0 Å². The quantitative estimate of drug-likeness (QED) is 0.519. The zero-order chi connectivity index (χ0) is 10.4. The van der Waals surface area contributed by atoms with Crippen molar-refractivity contribution in [2.45, 2.75) is 37.4 Å². The van der Waals surface area contributed by atoms with Gasteiger partial charge in [-0.2, -0.15) is 0 Å². The van der Waals surface area contributed by atoms with Crippen LogP contribution in [0.1, 0.15) is 20.8 Å². The second kappa shape index (κ2) is 6.87. The second-order valence-corrected chi connectivity index (χ2v) is 7.82.